The van der Waals surface area contributed by atoms with Gasteiger partial charge >= 0.3 is 0 Å². The van der Waals surface area contributed by atoms with Crippen molar-refractivity contribution in [2.75, 3.05) is 6.61 Å². The molecule has 1 N–H and O–H groups in total. The highest BCUT2D eigenvalue weighted by atomic mass is 19.1. The predicted molar refractivity (Wildman–Crippen MR) is 73.6 cm³/mol. The van der Waals surface area contributed by atoms with Crippen molar-refractivity contribution in [1.82, 2.24) is 9.55 Å². The number of rotatable bonds is 6. The smallest absolute Gasteiger partial charge is 0.137 e. The van der Waals surface area contributed by atoms with Crippen molar-refractivity contribution in [2.24, 2.45) is 0 Å². The van der Waals surface area contributed by atoms with Crippen LogP contribution in [0.5, 0.6) is 0 Å². The molecule has 0 aliphatic rings. The fourth-order valence-corrected chi connectivity index (χ4v) is 2.13. The second-order valence-corrected chi connectivity index (χ2v) is 4.60. The number of halogens is 1. The van der Waals surface area contributed by atoms with Crippen molar-refractivity contribution in [3.63, 3.8) is 0 Å². The molecular formula is C15H19FN2O2. The Morgan fingerprint density at radius 1 is 1.35 bits per heavy atom. The van der Waals surface area contributed by atoms with E-state index < -0.39 is 6.10 Å². The molecule has 1 heterocycles. The largest absolute Gasteiger partial charge is 0.387 e. The molecule has 4 nitrogen and oxygen atoms in total. The average molecular weight is 278 g/mol. The van der Waals surface area contributed by atoms with Gasteiger partial charge in [0.2, 0.25) is 0 Å². The van der Waals surface area contributed by atoms with Gasteiger partial charge < -0.3 is 14.4 Å². The molecule has 0 bridgehead atoms. The minimum atomic E-state index is -0.711. The van der Waals surface area contributed by atoms with Crippen LogP contribution in [0.2, 0.25) is 0 Å². The maximum Gasteiger partial charge on any atom is 0.137 e. The molecule has 2 rings (SSSR count). The molecule has 0 radical (unpaired) electrons. The van der Waals surface area contributed by atoms with E-state index in [9.17, 15) is 9.50 Å². The number of ether oxygens (including phenoxy) is 1. The molecule has 0 aliphatic carbocycles. The van der Waals surface area contributed by atoms with Gasteiger partial charge in [-0.3, -0.25) is 0 Å². The van der Waals surface area contributed by atoms with Gasteiger partial charge in [-0.15, -0.1) is 0 Å². The lowest BCUT2D eigenvalue weighted by molar-refractivity contribution is 0.0644. The van der Waals surface area contributed by atoms with Crippen LogP contribution in [0.25, 0.3) is 0 Å². The standard InChI is InChI=1S/C15H19FN2O2/c1-3-20-11(2)15-17-8-9-18(15)10-14(19)12-4-6-13(16)7-5-12/h4-9,11,14,19H,3,10H2,1-2H3. The summed E-state index contributed by atoms with van der Waals surface area (Å²) in [5.41, 5.74) is 0.676. The van der Waals surface area contributed by atoms with Gasteiger partial charge in [-0.25, -0.2) is 9.37 Å². The maximum absolute atomic E-state index is 12.9. The number of aliphatic hydroxyl groups excluding tert-OH is 1. The van der Waals surface area contributed by atoms with E-state index in [2.05, 4.69) is 4.98 Å². The van der Waals surface area contributed by atoms with Gasteiger partial charge in [0.15, 0.2) is 0 Å². The lowest BCUT2D eigenvalue weighted by Gasteiger charge is -2.17. The third-order valence-corrected chi connectivity index (χ3v) is 3.15. The molecule has 0 fully saturated rings. The summed E-state index contributed by atoms with van der Waals surface area (Å²) < 4.78 is 20.2. The minimum Gasteiger partial charge on any atom is -0.387 e. The normalized spacial score (nSPS) is 14.2. The maximum atomic E-state index is 12.9. The second kappa shape index (κ2) is 6.63. The summed E-state index contributed by atoms with van der Waals surface area (Å²) in [4.78, 5) is 4.26. The Labute approximate surface area is 117 Å². The number of nitrogens with zero attached hydrogens (tertiary/aromatic N) is 2. The Morgan fingerprint density at radius 2 is 2.05 bits per heavy atom. The quantitative estimate of drug-likeness (QED) is 0.884. The summed E-state index contributed by atoms with van der Waals surface area (Å²) >= 11 is 0. The fourth-order valence-electron chi connectivity index (χ4n) is 2.13. The monoisotopic (exact) mass is 278 g/mol. The summed E-state index contributed by atoms with van der Waals surface area (Å²) in [6.45, 7) is 4.82. The van der Waals surface area contributed by atoms with Crippen LogP contribution >= 0.6 is 0 Å². The lowest BCUT2D eigenvalue weighted by Crippen LogP contribution is -2.14. The first kappa shape index (κ1) is 14.7. The zero-order chi connectivity index (χ0) is 14.5. The topological polar surface area (TPSA) is 47.3 Å². The van der Waals surface area contributed by atoms with Crippen molar-refractivity contribution in [2.45, 2.75) is 32.6 Å². The van der Waals surface area contributed by atoms with Crippen LogP contribution in [0, 0.1) is 5.82 Å². The van der Waals surface area contributed by atoms with Crippen LogP contribution in [0.15, 0.2) is 36.7 Å². The van der Waals surface area contributed by atoms with E-state index >= 15 is 0 Å². The summed E-state index contributed by atoms with van der Waals surface area (Å²) in [6.07, 6.45) is 2.65. The first-order valence-electron chi connectivity index (χ1n) is 6.68. The Balaban J connectivity index is 2.10. The van der Waals surface area contributed by atoms with E-state index in [0.29, 0.717) is 18.7 Å². The molecule has 0 saturated heterocycles. The molecular weight excluding hydrogens is 259 g/mol. The number of benzene rings is 1. The second-order valence-electron chi connectivity index (χ2n) is 4.60. The predicted octanol–water partition coefficient (Wildman–Crippen LogP) is 2.85. The van der Waals surface area contributed by atoms with Crippen LogP contribution in [0.3, 0.4) is 0 Å². The summed E-state index contributed by atoms with van der Waals surface area (Å²) in [7, 11) is 0. The average Bonchev–Trinajstić information content (AvgIpc) is 2.88. The van der Waals surface area contributed by atoms with E-state index in [4.69, 9.17) is 4.74 Å². The van der Waals surface area contributed by atoms with Crippen LogP contribution in [0.4, 0.5) is 4.39 Å². The highest BCUT2D eigenvalue weighted by Gasteiger charge is 2.15. The third-order valence-electron chi connectivity index (χ3n) is 3.15. The highest BCUT2D eigenvalue weighted by Crippen LogP contribution is 2.20. The molecule has 1 aromatic heterocycles. The van der Waals surface area contributed by atoms with E-state index in [1.165, 1.54) is 12.1 Å². The van der Waals surface area contributed by atoms with E-state index in [1.807, 2.05) is 18.4 Å². The fraction of sp³-hybridized carbons (Fsp3) is 0.400. The van der Waals surface area contributed by atoms with Gasteiger partial charge in [0.05, 0.1) is 12.6 Å². The summed E-state index contributed by atoms with van der Waals surface area (Å²) in [5, 5.41) is 10.2. The van der Waals surface area contributed by atoms with Gasteiger partial charge in [0.1, 0.15) is 17.7 Å². The number of aliphatic hydroxyl groups is 1. The molecule has 5 heteroatoms. The van der Waals surface area contributed by atoms with Gasteiger partial charge in [-0.2, -0.15) is 0 Å². The lowest BCUT2D eigenvalue weighted by atomic mass is 10.1. The van der Waals surface area contributed by atoms with E-state index in [-0.39, 0.29) is 11.9 Å². The Kier molecular flexibility index (Phi) is 4.87. The molecule has 0 aliphatic heterocycles. The van der Waals surface area contributed by atoms with Crippen LogP contribution in [-0.2, 0) is 11.3 Å². The van der Waals surface area contributed by atoms with E-state index in [0.717, 1.165) is 5.82 Å². The molecule has 0 amide bonds. The number of hydrogen-bond donors (Lipinski definition) is 1. The minimum absolute atomic E-state index is 0.129. The molecule has 2 aromatic rings. The van der Waals surface area contributed by atoms with Crippen molar-refractivity contribution in [1.29, 1.82) is 0 Å². The molecule has 2 unspecified atom stereocenters. The van der Waals surface area contributed by atoms with Crippen molar-refractivity contribution >= 4 is 0 Å². The van der Waals surface area contributed by atoms with Crippen LogP contribution < -0.4 is 0 Å². The molecule has 0 saturated carbocycles. The third kappa shape index (κ3) is 3.43. The number of hydrogen-bond acceptors (Lipinski definition) is 3. The zero-order valence-corrected chi connectivity index (χ0v) is 11.7. The molecule has 0 spiro atoms. The van der Waals surface area contributed by atoms with Gasteiger partial charge in [-0.05, 0) is 31.5 Å². The molecule has 1 aromatic carbocycles. The first-order chi connectivity index (χ1) is 9.61. The molecule has 108 valence electrons. The van der Waals surface area contributed by atoms with Crippen molar-refractivity contribution in [3.8, 4) is 0 Å². The highest BCUT2D eigenvalue weighted by molar-refractivity contribution is 5.18. The zero-order valence-electron chi connectivity index (χ0n) is 11.7. The Morgan fingerprint density at radius 3 is 2.70 bits per heavy atom. The van der Waals surface area contributed by atoms with Crippen molar-refractivity contribution < 1.29 is 14.2 Å². The Hall–Kier alpha value is -1.72. The van der Waals surface area contributed by atoms with Gasteiger partial charge in [0, 0.05) is 19.0 Å². The number of aromatic nitrogens is 2. The SMILES string of the molecule is CCOC(C)c1nccn1CC(O)c1ccc(F)cc1. The van der Waals surface area contributed by atoms with Crippen LogP contribution in [-0.4, -0.2) is 21.3 Å². The van der Waals surface area contributed by atoms with Crippen molar-refractivity contribution in [3.05, 3.63) is 53.9 Å². The summed E-state index contributed by atoms with van der Waals surface area (Å²) in [5.74, 6) is 0.460. The van der Waals surface area contributed by atoms with Gasteiger partial charge in [0.25, 0.3) is 0 Å². The molecule has 2 atom stereocenters. The summed E-state index contributed by atoms with van der Waals surface area (Å²) in [6, 6.07) is 5.86. The van der Waals surface area contributed by atoms with Crippen LogP contribution in [0.1, 0.15) is 37.4 Å². The molecule has 20 heavy (non-hydrogen) atoms. The van der Waals surface area contributed by atoms with E-state index in [1.54, 1.807) is 24.5 Å². The Bertz CT molecular complexity index is 539. The van der Waals surface area contributed by atoms with Gasteiger partial charge in [-0.1, -0.05) is 12.1 Å². The first-order valence-corrected chi connectivity index (χ1v) is 6.68. The number of imidazole rings is 1.